The second kappa shape index (κ2) is 7.66. The summed E-state index contributed by atoms with van der Waals surface area (Å²) in [6, 6.07) is 9.47. The van der Waals surface area contributed by atoms with Gasteiger partial charge in [0.25, 0.3) is 0 Å². The number of nitrogens with two attached hydrogens (primary N) is 1. The van der Waals surface area contributed by atoms with Crippen LogP contribution in [0.25, 0.3) is 0 Å². The third kappa shape index (κ3) is 4.58. The minimum absolute atomic E-state index is 0.0203. The van der Waals surface area contributed by atoms with Crippen molar-refractivity contribution in [1.29, 1.82) is 0 Å². The van der Waals surface area contributed by atoms with E-state index in [2.05, 4.69) is 33.0 Å². The van der Waals surface area contributed by atoms with Gasteiger partial charge in [-0.15, -0.1) is 0 Å². The summed E-state index contributed by atoms with van der Waals surface area (Å²) >= 11 is 0. The fourth-order valence-electron chi connectivity index (χ4n) is 4.24. The molecule has 1 aromatic carbocycles. The number of benzene rings is 1. The first-order valence-electron chi connectivity index (χ1n) is 8.97. The van der Waals surface area contributed by atoms with E-state index in [1.54, 1.807) is 0 Å². The van der Waals surface area contributed by atoms with Gasteiger partial charge in [-0.05, 0) is 35.7 Å². The topological polar surface area (TPSA) is 75.3 Å². The Kier molecular flexibility index (Phi) is 6.05. The van der Waals surface area contributed by atoms with Gasteiger partial charge < -0.3 is 16.2 Å². The minimum atomic E-state index is -0.682. The minimum Gasteiger partial charge on any atom is -0.387 e. The van der Waals surface area contributed by atoms with E-state index in [4.69, 9.17) is 5.73 Å². The molecule has 24 heavy (non-hydrogen) atoms. The molecule has 0 bridgehead atoms. The molecule has 1 saturated carbocycles. The number of hydrogen-bond donors (Lipinski definition) is 3. The molecule has 1 fully saturated rings. The first-order chi connectivity index (χ1) is 11.2. The summed E-state index contributed by atoms with van der Waals surface area (Å²) in [5.74, 6) is 0.483. The maximum Gasteiger partial charge on any atom is 0.223 e. The first-order valence-corrected chi connectivity index (χ1v) is 8.97. The van der Waals surface area contributed by atoms with Crippen molar-refractivity contribution in [1.82, 2.24) is 5.32 Å². The lowest BCUT2D eigenvalue weighted by Crippen LogP contribution is -2.52. The molecule has 1 aromatic rings. The lowest BCUT2D eigenvalue weighted by molar-refractivity contribution is -0.131. The van der Waals surface area contributed by atoms with Crippen molar-refractivity contribution in [3.8, 4) is 0 Å². The second-order valence-electron chi connectivity index (χ2n) is 8.34. The number of rotatable bonds is 5. The maximum absolute atomic E-state index is 12.8. The predicted octanol–water partition coefficient (Wildman–Crippen LogP) is 2.87. The molecule has 0 radical (unpaired) electrons. The zero-order valence-electron chi connectivity index (χ0n) is 15.3. The van der Waals surface area contributed by atoms with Crippen LogP contribution in [-0.4, -0.2) is 23.6 Å². The van der Waals surface area contributed by atoms with Gasteiger partial charge in [-0.1, -0.05) is 58.0 Å². The highest BCUT2D eigenvalue weighted by Gasteiger charge is 2.44. The number of aliphatic hydroxyl groups is 1. The van der Waals surface area contributed by atoms with Gasteiger partial charge in [-0.2, -0.15) is 0 Å². The van der Waals surface area contributed by atoms with Crippen molar-refractivity contribution in [2.24, 2.45) is 28.9 Å². The summed E-state index contributed by atoms with van der Waals surface area (Å²) in [4.78, 5) is 12.8. The van der Waals surface area contributed by atoms with Crippen molar-refractivity contribution in [3.63, 3.8) is 0 Å². The summed E-state index contributed by atoms with van der Waals surface area (Å²) in [5.41, 5.74) is 7.29. The Morgan fingerprint density at radius 2 is 1.92 bits per heavy atom. The average molecular weight is 332 g/mol. The van der Waals surface area contributed by atoms with E-state index in [0.29, 0.717) is 5.92 Å². The zero-order chi connectivity index (χ0) is 17.9. The molecule has 0 aliphatic heterocycles. The Balaban J connectivity index is 2.03. The summed E-state index contributed by atoms with van der Waals surface area (Å²) in [6.45, 7) is 8.88. The van der Waals surface area contributed by atoms with Crippen LogP contribution in [-0.2, 0) is 4.79 Å². The Morgan fingerprint density at radius 1 is 1.29 bits per heavy atom. The molecule has 1 amide bonds. The monoisotopic (exact) mass is 332 g/mol. The number of carbonyl (C=O) groups is 1. The molecule has 3 unspecified atom stereocenters. The fourth-order valence-corrected chi connectivity index (χ4v) is 4.24. The van der Waals surface area contributed by atoms with E-state index in [1.807, 2.05) is 30.3 Å². The van der Waals surface area contributed by atoms with Crippen LogP contribution in [0.3, 0.4) is 0 Å². The summed E-state index contributed by atoms with van der Waals surface area (Å²) < 4.78 is 0. The van der Waals surface area contributed by atoms with Gasteiger partial charge in [-0.3, -0.25) is 4.79 Å². The normalized spacial score (nSPS) is 27.7. The maximum atomic E-state index is 12.8. The van der Waals surface area contributed by atoms with Gasteiger partial charge in [0.15, 0.2) is 0 Å². The van der Waals surface area contributed by atoms with Gasteiger partial charge in [0.1, 0.15) is 0 Å². The van der Waals surface area contributed by atoms with Crippen molar-refractivity contribution in [3.05, 3.63) is 35.9 Å². The molecular weight excluding hydrogens is 300 g/mol. The zero-order valence-corrected chi connectivity index (χ0v) is 15.3. The van der Waals surface area contributed by atoms with Gasteiger partial charge >= 0.3 is 0 Å². The summed E-state index contributed by atoms with van der Waals surface area (Å²) in [5, 5.41) is 13.2. The molecule has 134 valence electrons. The second-order valence-corrected chi connectivity index (χ2v) is 8.34. The number of nitrogens with one attached hydrogen (secondary N) is 1. The Hall–Kier alpha value is -1.39. The van der Waals surface area contributed by atoms with Crippen LogP contribution in [0.2, 0.25) is 0 Å². The van der Waals surface area contributed by atoms with Crippen LogP contribution in [0.4, 0.5) is 0 Å². The van der Waals surface area contributed by atoms with Crippen molar-refractivity contribution in [2.45, 2.75) is 52.7 Å². The van der Waals surface area contributed by atoms with E-state index in [0.717, 1.165) is 18.4 Å². The predicted molar refractivity (Wildman–Crippen MR) is 97.2 cm³/mol. The molecule has 4 N–H and O–H groups in total. The molecular formula is C20H32N2O2. The molecule has 4 atom stereocenters. The lowest BCUT2D eigenvalue weighted by Gasteiger charge is -2.45. The smallest absolute Gasteiger partial charge is 0.223 e. The molecule has 1 aliphatic carbocycles. The van der Waals surface area contributed by atoms with Crippen LogP contribution in [0.1, 0.15) is 52.2 Å². The molecule has 0 saturated heterocycles. The first kappa shape index (κ1) is 18.9. The average Bonchev–Trinajstić information content (AvgIpc) is 2.50. The lowest BCUT2D eigenvalue weighted by atomic mass is 9.61. The fraction of sp³-hybridized carbons (Fsp3) is 0.650. The number of carbonyl (C=O) groups excluding carboxylic acids is 1. The van der Waals surface area contributed by atoms with Crippen molar-refractivity contribution in [2.75, 3.05) is 6.54 Å². The van der Waals surface area contributed by atoms with Crippen LogP contribution in [0.5, 0.6) is 0 Å². The molecule has 2 rings (SSSR count). The highest BCUT2D eigenvalue weighted by Crippen LogP contribution is 2.44. The van der Waals surface area contributed by atoms with Crippen LogP contribution >= 0.6 is 0 Å². The molecule has 1 aliphatic rings. The van der Waals surface area contributed by atoms with Gasteiger partial charge in [-0.25, -0.2) is 0 Å². The number of aliphatic hydroxyl groups excluding tert-OH is 1. The summed E-state index contributed by atoms with van der Waals surface area (Å²) in [7, 11) is 0. The third-order valence-corrected chi connectivity index (χ3v) is 5.28. The van der Waals surface area contributed by atoms with Crippen LogP contribution < -0.4 is 11.1 Å². The summed E-state index contributed by atoms with van der Waals surface area (Å²) in [6.07, 6.45) is 1.11. The molecule has 4 nitrogen and oxygen atoms in total. The quantitative estimate of drug-likeness (QED) is 0.776. The van der Waals surface area contributed by atoms with Crippen LogP contribution in [0, 0.1) is 23.2 Å². The number of hydrogen-bond acceptors (Lipinski definition) is 3. The SMILES string of the molecule is CC(C)C1C(C(=O)NCC(O)c2ccccc2)CC(C)(C)C[C@@H]1N. The molecule has 0 spiro atoms. The van der Waals surface area contributed by atoms with Gasteiger partial charge in [0.05, 0.1) is 6.10 Å². The highest BCUT2D eigenvalue weighted by molar-refractivity contribution is 5.79. The van der Waals surface area contributed by atoms with Gasteiger partial charge in [0, 0.05) is 18.5 Å². The molecule has 0 aromatic heterocycles. The Labute approximate surface area is 145 Å². The van der Waals surface area contributed by atoms with E-state index in [-0.39, 0.29) is 35.7 Å². The Bertz CT molecular complexity index is 542. The molecule has 4 heteroatoms. The van der Waals surface area contributed by atoms with Gasteiger partial charge in [0.2, 0.25) is 5.91 Å². The van der Waals surface area contributed by atoms with E-state index in [9.17, 15) is 9.90 Å². The van der Waals surface area contributed by atoms with Crippen LogP contribution in [0.15, 0.2) is 30.3 Å². The molecule has 0 heterocycles. The van der Waals surface area contributed by atoms with Crippen molar-refractivity contribution < 1.29 is 9.90 Å². The van der Waals surface area contributed by atoms with Crippen molar-refractivity contribution >= 4 is 5.91 Å². The van der Waals surface area contributed by atoms with E-state index >= 15 is 0 Å². The Morgan fingerprint density at radius 3 is 2.50 bits per heavy atom. The highest BCUT2D eigenvalue weighted by atomic mass is 16.3. The number of amides is 1. The van der Waals surface area contributed by atoms with E-state index in [1.165, 1.54) is 0 Å². The van der Waals surface area contributed by atoms with E-state index < -0.39 is 6.10 Å². The largest absolute Gasteiger partial charge is 0.387 e. The standard InChI is InChI=1S/C20H32N2O2/c1-13(2)18-15(10-20(3,4)11-16(18)21)19(24)22-12-17(23)14-8-6-5-7-9-14/h5-9,13,15-18,23H,10-12,21H2,1-4H3,(H,22,24)/t15?,16-,17?,18?/m0/s1. The third-order valence-electron chi connectivity index (χ3n) is 5.28.